The first kappa shape index (κ1) is 23.9. The van der Waals surface area contributed by atoms with Gasteiger partial charge in [0.2, 0.25) is 5.91 Å². The molecule has 0 aromatic heterocycles. The van der Waals surface area contributed by atoms with Gasteiger partial charge in [0, 0.05) is 59.8 Å². The number of alkyl halides is 3. The van der Waals surface area contributed by atoms with Gasteiger partial charge >= 0.3 is 6.18 Å². The van der Waals surface area contributed by atoms with Crippen molar-refractivity contribution in [3.63, 3.8) is 0 Å². The van der Waals surface area contributed by atoms with Crippen LogP contribution in [0, 0.1) is 0 Å². The monoisotopic (exact) mass is 429 g/mol. The first-order valence-corrected chi connectivity index (χ1v) is 9.91. The van der Waals surface area contributed by atoms with Crippen LogP contribution < -0.4 is 10.6 Å². The summed E-state index contributed by atoms with van der Waals surface area (Å²) in [6, 6.07) is 7.21. The third-order valence-corrected chi connectivity index (χ3v) is 4.78. The van der Waals surface area contributed by atoms with Crippen LogP contribution in [0.25, 0.3) is 0 Å². The number of carbonyl (C=O) groups excluding carboxylic acids is 1. The van der Waals surface area contributed by atoms with Crippen LogP contribution in [0.15, 0.2) is 29.3 Å². The highest BCUT2D eigenvalue weighted by atomic mass is 19.4. The lowest BCUT2D eigenvalue weighted by Gasteiger charge is -2.34. The zero-order chi connectivity index (χ0) is 22.0. The van der Waals surface area contributed by atoms with E-state index < -0.39 is 12.8 Å². The second-order valence-corrected chi connectivity index (χ2v) is 7.12. The van der Waals surface area contributed by atoms with Crippen molar-refractivity contribution in [1.29, 1.82) is 0 Å². The zero-order valence-electron chi connectivity index (χ0n) is 17.5. The lowest BCUT2D eigenvalue weighted by Crippen LogP contribution is -2.50. The summed E-state index contributed by atoms with van der Waals surface area (Å²) in [7, 11) is 1.70. The number of benzene rings is 1. The maximum absolute atomic E-state index is 12.1. The van der Waals surface area contributed by atoms with E-state index in [2.05, 4.69) is 25.3 Å². The minimum Gasteiger partial charge on any atom is -0.367 e. The van der Waals surface area contributed by atoms with E-state index in [1.807, 2.05) is 17.0 Å². The van der Waals surface area contributed by atoms with E-state index in [0.29, 0.717) is 18.1 Å². The number of hydrogen-bond donors (Lipinski definition) is 2. The molecular weight excluding hydrogens is 399 g/mol. The molecule has 2 N–H and O–H groups in total. The van der Waals surface area contributed by atoms with Gasteiger partial charge in [0.15, 0.2) is 5.96 Å². The molecular formula is C20H30F3N5O2. The Morgan fingerprint density at radius 2 is 1.73 bits per heavy atom. The van der Waals surface area contributed by atoms with Gasteiger partial charge in [-0.2, -0.15) is 13.2 Å². The first-order valence-electron chi connectivity index (χ1n) is 9.91. The molecule has 30 heavy (non-hydrogen) atoms. The molecule has 0 unspecified atom stereocenters. The van der Waals surface area contributed by atoms with Gasteiger partial charge in [0.1, 0.15) is 6.61 Å². The molecule has 1 heterocycles. The molecule has 0 atom stereocenters. The smallest absolute Gasteiger partial charge is 0.367 e. The third-order valence-electron chi connectivity index (χ3n) is 4.78. The first-order chi connectivity index (χ1) is 14.3. The van der Waals surface area contributed by atoms with Crippen LogP contribution >= 0.6 is 0 Å². The molecule has 10 heteroatoms. The fourth-order valence-electron chi connectivity index (χ4n) is 3.06. The Balaban J connectivity index is 1.65. The Morgan fingerprint density at radius 1 is 1.10 bits per heavy atom. The Kier molecular flexibility index (Phi) is 9.38. The lowest BCUT2D eigenvalue weighted by molar-refractivity contribution is -0.176. The number of carbonyl (C=O) groups is 1. The highest BCUT2D eigenvalue weighted by Gasteiger charge is 2.27. The Bertz CT molecular complexity index is 687. The van der Waals surface area contributed by atoms with E-state index in [0.717, 1.165) is 44.8 Å². The lowest BCUT2D eigenvalue weighted by atomic mass is 10.1. The molecule has 1 aromatic carbocycles. The Morgan fingerprint density at radius 3 is 2.30 bits per heavy atom. The Labute approximate surface area is 175 Å². The molecule has 1 saturated heterocycles. The number of rotatable bonds is 8. The molecule has 0 spiro atoms. The number of guanidine groups is 1. The highest BCUT2D eigenvalue weighted by Crippen LogP contribution is 2.15. The summed E-state index contributed by atoms with van der Waals surface area (Å²) in [5, 5.41) is 6.48. The van der Waals surface area contributed by atoms with Crippen molar-refractivity contribution in [2.45, 2.75) is 26.3 Å². The quantitative estimate of drug-likeness (QED) is 0.485. The van der Waals surface area contributed by atoms with Crippen LogP contribution in [-0.4, -0.2) is 80.8 Å². The van der Waals surface area contributed by atoms with Crippen molar-refractivity contribution in [2.75, 3.05) is 52.9 Å². The van der Waals surface area contributed by atoms with Crippen molar-refractivity contribution in [1.82, 2.24) is 20.4 Å². The molecule has 1 aliphatic heterocycles. The van der Waals surface area contributed by atoms with Crippen molar-refractivity contribution < 1.29 is 22.7 Å². The van der Waals surface area contributed by atoms with Gasteiger partial charge < -0.3 is 20.3 Å². The average molecular weight is 429 g/mol. The van der Waals surface area contributed by atoms with Crippen molar-refractivity contribution in [3.8, 4) is 0 Å². The molecule has 7 nitrogen and oxygen atoms in total. The van der Waals surface area contributed by atoms with Crippen LogP contribution in [0.5, 0.6) is 0 Å². The van der Waals surface area contributed by atoms with Crippen LogP contribution in [0.2, 0.25) is 0 Å². The molecule has 0 radical (unpaired) electrons. The normalized spacial score (nSPS) is 15.9. The SMILES string of the molecule is CN=C(NCCN1CCN(C(C)=O)CC1)NCc1ccc(COCC(F)(F)F)cc1. The van der Waals surface area contributed by atoms with Crippen LogP contribution in [-0.2, 0) is 22.7 Å². The molecule has 2 rings (SSSR count). The van der Waals surface area contributed by atoms with Crippen molar-refractivity contribution in [2.24, 2.45) is 4.99 Å². The summed E-state index contributed by atoms with van der Waals surface area (Å²) in [5.74, 6) is 0.800. The van der Waals surface area contributed by atoms with Gasteiger partial charge in [-0.05, 0) is 11.1 Å². The largest absolute Gasteiger partial charge is 0.411 e. The summed E-state index contributed by atoms with van der Waals surface area (Å²) in [4.78, 5) is 19.7. The van der Waals surface area contributed by atoms with Crippen molar-refractivity contribution >= 4 is 11.9 Å². The number of ether oxygens (including phenoxy) is 1. The molecule has 0 bridgehead atoms. The third kappa shape index (κ3) is 9.00. The van der Waals surface area contributed by atoms with E-state index in [-0.39, 0.29) is 12.5 Å². The van der Waals surface area contributed by atoms with E-state index >= 15 is 0 Å². The topological polar surface area (TPSA) is 69.2 Å². The number of halogens is 3. The molecule has 0 saturated carbocycles. The minimum atomic E-state index is -4.31. The molecule has 1 fully saturated rings. The number of piperazine rings is 1. The van der Waals surface area contributed by atoms with Gasteiger partial charge in [0.05, 0.1) is 6.61 Å². The van der Waals surface area contributed by atoms with Crippen LogP contribution in [0.4, 0.5) is 13.2 Å². The van der Waals surface area contributed by atoms with Gasteiger partial charge in [-0.25, -0.2) is 0 Å². The fourth-order valence-corrected chi connectivity index (χ4v) is 3.06. The molecule has 0 aliphatic carbocycles. The number of aliphatic imine (C=N–C) groups is 1. The van der Waals surface area contributed by atoms with Gasteiger partial charge in [-0.15, -0.1) is 0 Å². The summed E-state index contributed by atoms with van der Waals surface area (Å²) in [6.45, 7) is 5.68. The predicted molar refractivity (Wildman–Crippen MR) is 109 cm³/mol. The summed E-state index contributed by atoms with van der Waals surface area (Å²) in [6.07, 6.45) is -4.31. The van der Waals surface area contributed by atoms with E-state index in [9.17, 15) is 18.0 Å². The zero-order valence-corrected chi connectivity index (χ0v) is 17.5. The fraction of sp³-hybridized carbons (Fsp3) is 0.600. The second kappa shape index (κ2) is 11.8. The van der Waals surface area contributed by atoms with E-state index in [1.165, 1.54) is 0 Å². The number of hydrogen-bond acceptors (Lipinski definition) is 4. The highest BCUT2D eigenvalue weighted by molar-refractivity contribution is 5.79. The predicted octanol–water partition coefficient (Wildman–Crippen LogP) is 1.59. The average Bonchev–Trinajstić information content (AvgIpc) is 2.71. The minimum absolute atomic E-state index is 0.0723. The van der Waals surface area contributed by atoms with Gasteiger partial charge in [-0.1, -0.05) is 24.3 Å². The molecule has 1 aromatic rings. The molecule has 1 amide bonds. The van der Waals surface area contributed by atoms with Gasteiger partial charge in [-0.3, -0.25) is 14.7 Å². The maximum Gasteiger partial charge on any atom is 0.411 e. The number of amides is 1. The number of nitrogens with one attached hydrogen (secondary N) is 2. The number of nitrogens with zero attached hydrogens (tertiary/aromatic N) is 3. The maximum atomic E-state index is 12.1. The summed E-state index contributed by atoms with van der Waals surface area (Å²) in [5.41, 5.74) is 1.67. The van der Waals surface area contributed by atoms with E-state index in [1.54, 1.807) is 26.1 Å². The summed E-state index contributed by atoms with van der Waals surface area (Å²) >= 11 is 0. The van der Waals surface area contributed by atoms with Crippen LogP contribution in [0.3, 0.4) is 0 Å². The van der Waals surface area contributed by atoms with Crippen molar-refractivity contribution in [3.05, 3.63) is 35.4 Å². The van der Waals surface area contributed by atoms with E-state index in [4.69, 9.17) is 0 Å². The second-order valence-electron chi connectivity index (χ2n) is 7.12. The summed E-state index contributed by atoms with van der Waals surface area (Å²) < 4.78 is 41.0. The standard InChI is InChI=1S/C20H30F3N5O2/c1-16(29)28-11-9-27(10-12-28)8-7-25-19(24-2)26-13-17-3-5-18(6-4-17)14-30-15-20(21,22)23/h3-6H,7-15H2,1-2H3,(H2,24,25,26). The molecule has 1 aliphatic rings. The Hall–Kier alpha value is -2.33. The van der Waals surface area contributed by atoms with Gasteiger partial charge in [0.25, 0.3) is 0 Å². The van der Waals surface area contributed by atoms with Crippen LogP contribution in [0.1, 0.15) is 18.1 Å². The molecule has 168 valence electrons.